The summed E-state index contributed by atoms with van der Waals surface area (Å²) in [5.74, 6) is -0.261. The number of anilines is 1. The Morgan fingerprint density at radius 3 is 2.38 bits per heavy atom. The molecular weight excluding hydrogens is 418 g/mol. The van der Waals surface area contributed by atoms with Gasteiger partial charge in [0, 0.05) is 16.8 Å². The highest BCUT2D eigenvalue weighted by Crippen LogP contribution is 2.29. The first-order valence-electron chi connectivity index (χ1n) is 10.1. The maximum atomic E-state index is 12.4. The Kier molecular flexibility index (Phi) is 7.58. The zero-order chi connectivity index (χ0) is 23.1. The average Bonchev–Trinajstić information content (AvgIpc) is 2.78. The number of carbonyl (C=O) groups excluding carboxylic acids is 2. The minimum absolute atomic E-state index is 0.0935. The van der Waals surface area contributed by atoms with Crippen molar-refractivity contribution in [1.29, 1.82) is 5.26 Å². The first-order chi connectivity index (χ1) is 15.4. The maximum absolute atomic E-state index is 12.4. The molecule has 160 valence electrons. The fourth-order valence-electron chi connectivity index (χ4n) is 3.23. The number of ketones is 1. The van der Waals surface area contributed by atoms with Crippen LogP contribution >= 0.6 is 11.8 Å². The van der Waals surface area contributed by atoms with Gasteiger partial charge >= 0.3 is 0 Å². The maximum Gasteiger partial charge on any atom is 0.234 e. The van der Waals surface area contributed by atoms with Gasteiger partial charge in [-0.3, -0.25) is 9.59 Å². The number of nitriles is 1. The van der Waals surface area contributed by atoms with Crippen molar-refractivity contribution in [2.24, 2.45) is 0 Å². The van der Waals surface area contributed by atoms with Crippen LogP contribution in [-0.2, 0) is 4.79 Å². The van der Waals surface area contributed by atoms with Gasteiger partial charge < -0.3 is 5.32 Å². The van der Waals surface area contributed by atoms with Crippen molar-refractivity contribution >= 4 is 41.3 Å². The van der Waals surface area contributed by atoms with Gasteiger partial charge in [-0.15, -0.1) is 0 Å². The zero-order valence-corrected chi connectivity index (χ0v) is 19.0. The molecule has 0 spiro atoms. The smallest absolute Gasteiger partial charge is 0.234 e. The Hall–Kier alpha value is -3.69. The van der Waals surface area contributed by atoms with Crippen LogP contribution in [0.3, 0.4) is 0 Å². The molecule has 0 aliphatic heterocycles. The van der Waals surface area contributed by atoms with E-state index in [2.05, 4.69) is 16.4 Å². The molecule has 0 saturated heterocycles. The second-order valence-electron chi connectivity index (χ2n) is 7.28. The molecule has 6 heteroatoms. The molecule has 5 nitrogen and oxygen atoms in total. The van der Waals surface area contributed by atoms with Crippen molar-refractivity contribution in [1.82, 2.24) is 4.98 Å². The number of pyridine rings is 1. The summed E-state index contributed by atoms with van der Waals surface area (Å²) in [5.41, 5.74) is 4.54. The molecule has 3 rings (SSSR count). The average molecular weight is 442 g/mol. The Balaban J connectivity index is 1.89. The van der Waals surface area contributed by atoms with E-state index < -0.39 is 0 Å². The lowest BCUT2D eigenvalue weighted by Crippen LogP contribution is -2.15. The molecule has 0 saturated carbocycles. The number of aromatic nitrogens is 1. The van der Waals surface area contributed by atoms with E-state index in [9.17, 15) is 14.9 Å². The summed E-state index contributed by atoms with van der Waals surface area (Å²) in [4.78, 5) is 29.2. The number of nitrogens with one attached hydrogen (secondary N) is 1. The van der Waals surface area contributed by atoms with Gasteiger partial charge in [-0.1, -0.05) is 71.9 Å². The van der Waals surface area contributed by atoms with Crippen LogP contribution in [-0.4, -0.2) is 22.4 Å². The van der Waals surface area contributed by atoms with E-state index in [1.54, 1.807) is 13.0 Å². The standard InChI is InChI=1S/C26H23N3O2S/c1-17-9-12-21(13-10-17)29-24(31)16-32-26-23(15-27)22(25(19(3)30)18(2)28-26)14-11-20-7-5-4-6-8-20/h4-14H,16H2,1-3H3,(H,29,31)/b14-11+. The SMILES string of the molecule is CC(=O)c1c(C)nc(SCC(=O)Nc2ccc(C)cc2)c(C#N)c1/C=C/c1ccccc1. The number of rotatable bonds is 7. The highest BCUT2D eigenvalue weighted by molar-refractivity contribution is 8.00. The van der Waals surface area contributed by atoms with E-state index in [1.807, 2.05) is 67.6 Å². The fraction of sp³-hybridized carbons (Fsp3) is 0.154. The second kappa shape index (κ2) is 10.6. The van der Waals surface area contributed by atoms with E-state index in [1.165, 1.54) is 18.7 Å². The molecule has 32 heavy (non-hydrogen) atoms. The molecule has 0 fully saturated rings. The monoisotopic (exact) mass is 441 g/mol. The van der Waals surface area contributed by atoms with Crippen molar-refractivity contribution in [3.63, 3.8) is 0 Å². The topological polar surface area (TPSA) is 82.8 Å². The molecule has 0 aliphatic carbocycles. The summed E-state index contributed by atoms with van der Waals surface area (Å²) in [6.07, 6.45) is 3.64. The molecule has 0 bridgehead atoms. The molecule has 0 radical (unpaired) electrons. The van der Waals surface area contributed by atoms with Crippen LogP contribution in [0.4, 0.5) is 5.69 Å². The lowest BCUT2D eigenvalue weighted by Gasteiger charge is -2.13. The predicted octanol–water partition coefficient (Wildman–Crippen LogP) is 5.67. The number of nitrogens with zero attached hydrogens (tertiary/aromatic N) is 2. The number of hydrogen-bond acceptors (Lipinski definition) is 5. The first-order valence-corrected chi connectivity index (χ1v) is 11.1. The third-order valence-electron chi connectivity index (χ3n) is 4.76. The number of benzene rings is 2. The van der Waals surface area contributed by atoms with Crippen molar-refractivity contribution in [2.45, 2.75) is 25.8 Å². The lowest BCUT2D eigenvalue weighted by molar-refractivity contribution is -0.113. The van der Waals surface area contributed by atoms with Gasteiger partial charge in [0.25, 0.3) is 0 Å². The molecule has 1 amide bonds. The summed E-state index contributed by atoms with van der Waals surface area (Å²) in [6.45, 7) is 5.19. The predicted molar refractivity (Wildman–Crippen MR) is 130 cm³/mol. The van der Waals surface area contributed by atoms with Gasteiger partial charge in [0.1, 0.15) is 11.1 Å². The van der Waals surface area contributed by atoms with Gasteiger partial charge in [0.15, 0.2) is 5.78 Å². The highest BCUT2D eigenvalue weighted by Gasteiger charge is 2.20. The van der Waals surface area contributed by atoms with E-state index in [-0.39, 0.29) is 17.4 Å². The van der Waals surface area contributed by atoms with Gasteiger partial charge in [0.2, 0.25) is 5.91 Å². The van der Waals surface area contributed by atoms with E-state index in [0.717, 1.165) is 11.1 Å². The molecule has 0 unspecified atom stereocenters. The lowest BCUT2D eigenvalue weighted by atomic mass is 9.98. The Morgan fingerprint density at radius 1 is 1.06 bits per heavy atom. The van der Waals surface area contributed by atoms with Crippen LogP contribution in [0.1, 0.15) is 45.2 Å². The molecule has 0 aliphatic rings. The van der Waals surface area contributed by atoms with Crippen LogP contribution < -0.4 is 5.32 Å². The normalized spacial score (nSPS) is 10.7. The van der Waals surface area contributed by atoms with E-state index >= 15 is 0 Å². The molecule has 1 N–H and O–H groups in total. The molecule has 1 heterocycles. The number of amides is 1. The summed E-state index contributed by atoms with van der Waals surface area (Å²) in [7, 11) is 0. The quantitative estimate of drug-likeness (QED) is 0.377. The molecule has 2 aromatic carbocycles. The summed E-state index contributed by atoms with van der Waals surface area (Å²) >= 11 is 1.18. The first kappa shape index (κ1) is 23.0. The van der Waals surface area contributed by atoms with Crippen LogP contribution in [0, 0.1) is 25.2 Å². The molecule has 3 aromatic rings. The molecule has 0 atom stereocenters. The van der Waals surface area contributed by atoms with Crippen molar-refractivity contribution in [3.8, 4) is 6.07 Å². The zero-order valence-electron chi connectivity index (χ0n) is 18.2. The molecular formula is C26H23N3O2S. The van der Waals surface area contributed by atoms with Crippen molar-refractivity contribution in [2.75, 3.05) is 11.1 Å². The van der Waals surface area contributed by atoms with E-state index in [0.29, 0.717) is 33.1 Å². The highest BCUT2D eigenvalue weighted by atomic mass is 32.2. The number of Topliss-reactive ketones (excluding diaryl/α,β-unsaturated/α-hetero) is 1. The van der Waals surface area contributed by atoms with Gasteiger partial charge in [-0.25, -0.2) is 4.98 Å². The van der Waals surface area contributed by atoms with Crippen LogP contribution in [0.2, 0.25) is 0 Å². The Morgan fingerprint density at radius 2 is 1.75 bits per heavy atom. The minimum atomic E-state index is -0.195. The van der Waals surface area contributed by atoms with Gasteiger partial charge in [-0.2, -0.15) is 5.26 Å². The number of hydrogen-bond donors (Lipinski definition) is 1. The summed E-state index contributed by atoms with van der Waals surface area (Å²) in [6, 6.07) is 19.4. The van der Waals surface area contributed by atoms with Gasteiger partial charge in [-0.05, 0) is 38.5 Å². The summed E-state index contributed by atoms with van der Waals surface area (Å²) < 4.78 is 0. The van der Waals surface area contributed by atoms with Gasteiger partial charge in [0.05, 0.1) is 17.0 Å². The second-order valence-corrected chi connectivity index (χ2v) is 8.24. The Labute approximate surface area is 192 Å². The largest absolute Gasteiger partial charge is 0.325 e. The summed E-state index contributed by atoms with van der Waals surface area (Å²) in [5, 5.41) is 13.1. The fourth-order valence-corrected chi connectivity index (χ4v) is 4.08. The van der Waals surface area contributed by atoms with Crippen molar-refractivity contribution in [3.05, 3.63) is 88.1 Å². The van der Waals surface area contributed by atoms with E-state index in [4.69, 9.17) is 0 Å². The number of aryl methyl sites for hydroxylation is 2. The third-order valence-corrected chi connectivity index (χ3v) is 5.74. The minimum Gasteiger partial charge on any atom is -0.325 e. The van der Waals surface area contributed by atoms with Crippen molar-refractivity contribution < 1.29 is 9.59 Å². The van der Waals surface area contributed by atoms with Crippen LogP contribution in [0.5, 0.6) is 0 Å². The number of carbonyl (C=O) groups is 2. The van der Waals surface area contributed by atoms with Crippen LogP contribution in [0.25, 0.3) is 12.2 Å². The Bertz CT molecular complexity index is 1210. The van der Waals surface area contributed by atoms with Crippen LogP contribution in [0.15, 0.2) is 59.6 Å². The number of thioether (sulfide) groups is 1. The third kappa shape index (κ3) is 5.71. The molecule has 1 aromatic heterocycles.